The predicted octanol–water partition coefficient (Wildman–Crippen LogP) is 2.32. The van der Waals surface area contributed by atoms with E-state index in [1.807, 2.05) is 0 Å². The van der Waals surface area contributed by atoms with E-state index in [9.17, 15) is 5.11 Å². The highest BCUT2D eigenvalue weighted by Crippen LogP contribution is 2.33. The minimum absolute atomic E-state index is 0.402. The zero-order valence-corrected chi connectivity index (χ0v) is 9.68. The van der Waals surface area contributed by atoms with Gasteiger partial charge in [-0.1, -0.05) is 20.3 Å². The fourth-order valence-corrected chi connectivity index (χ4v) is 2.30. The average molecular weight is 199 g/mol. The maximum atomic E-state index is 10.2. The largest absolute Gasteiger partial charge is 0.389 e. The van der Waals surface area contributed by atoms with E-state index in [1.165, 1.54) is 19.3 Å². The van der Waals surface area contributed by atoms with Gasteiger partial charge in [-0.3, -0.25) is 0 Å². The van der Waals surface area contributed by atoms with Crippen LogP contribution in [0.25, 0.3) is 0 Å². The fourth-order valence-electron chi connectivity index (χ4n) is 2.30. The zero-order chi connectivity index (χ0) is 10.4. The number of aliphatic hydroxyl groups is 1. The maximum absolute atomic E-state index is 10.2. The van der Waals surface area contributed by atoms with Crippen molar-refractivity contribution in [2.45, 2.75) is 58.0 Å². The highest BCUT2D eigenvalue weighted by molar-refractivity contribution is 4.86. The van der Waals surface area contributed by atoms with Crippen LogP contribution in [0.3, 0.4) is 0 Å². The molecule has 0 amide bonds. The van der Waals surface area contributed by atoms with E-state index in [0.29, 0.717) is 0 Å². The molecule has 0 aromatic rings. The lowest BCUT2D eigenvalue weighted by Gasteiger charge is -2.36. The Morgan fingerprint density at radius 3 is 2.43 bits per heavy atom. The molecule has 1 aliphatic carbocycles. The Balaban J connectivity index is 2.23. The first-order valence-electron chi connectivity index (χ1n) is 6.13. The fraction of sp³-hybridized carbons (Fsp3) is 1.00. The number of nitrogens with one attached hydrogen (secondary N) is 1. The molecule has 0 atom stereocenters. The van der Waals surface area contributed by atoms with Gasteiger partial charge in [0.25, 0.3) is 0 Å². The summed E-state index contributed by atoms with van der Waals surface area (Å²) in [6, 6.07) is 0. The van der Waals surface area contributed by atoms with Crippen LogP contribution in [0.1, 0.15) is 52.4 Å². The topological polar surface area (TPSA) is 32.3 Å². The molecule has 1 rings (SSSR count). The van der Waals surface area contributed by atoms with Crippen LogP contribution < -0.4 is 5.32 Å². The molecule has 2 nitrogen and oxygen atoms in total. The van der Waals surface area contributed by atoms with Gasteiger partial charge in [-0.2, -0.15) is 0 Å². The number of rotatable bonds is 5. The van der Waals surface area contributed by atoms with Crippen molar-refractivity contribution < 1.29 is 5.11 Å². The molecule has 84 valence electrons. The number of hydrogen-bond acceptors (Lipinski definition) is 2. The third kappa shape index (κ3) is 3.58. The van der Waals surface area contributed by atoms with Crippen molar-refractivity contribution in [3.8, 4) is 0 Å². The van der Waals surface area contributed by atoms with E-state index in [2.05, 4.69) is 19.2 Å². The molecule has 0 aliphatic heterocycles. The minimum atomic E-state index is -0.402. The standard InChI is InChI=1S/C12H25NO/c1-3-9-13-10-12(14)7-5-11(4-2)6-8-12/h11,13-14H,3-10H2,1-2H3. The van der Waals surface area contributed by atoms with E-state index in [0.717, 1.165) is 38.3 Å². The van der Waals surface area contributed by atoms with Crippen molar-refractivity contribution in [2.75, 3.05) is 13.1 Å². The lowest BCUT2D eigenvalue weighted by molar-refractivity contribution is -0.00838. The second-order valence-electron chi connectivity index (χ2n) is 4.75. The van der Waals surface area contributed by atoms with Gasteiger partial charge in [-0.25, -0.2) is 0 Å². The van der Waals surface area contributed by atoms with Crippen molar-refractivity contribution >= 4 is 0 Å². The van der Waals surface area contributed by atoms with Crippen LogP contribution >= 0.6 is 0 Å². The molecule has 2 heteroatoms. The molecule has 0 radical (unpaired) electrons. The molecule has 0 heterocycles. The van der Waals surface area contributed by atoms with Crippen LogP contribution in [0.2, 0.25) is 0 Å². The quantitative estimate of drug-likeness (QED) is 0.666. The zero-order valence-electron chi connectivity index (χ0n) is 9.68. The van der Waals surface area contributed by atoms with Crippen molar-refractivity contribution in [2.24, 2.45) is 5.92 Å². The molecule has 14 heavy (non-hydrogen) atoms. The summed E-state index contributed by atoms with van der Waals surface area (Å²) < 4.78 is 0. The average Bonchev–Trinajstić information content (AvgIpc) is 2.19. The van der Waals surface area contributed by atoms with Crippen molar-refractivity contribution in [1.82, 2.24) is 5.32 Å². The molecule has 0 aromatic carbocycles. The number of hydrogen-bond donors (Lipinski definition) is 2. The monoisotopic (exact) mass is 199 g/mol. The first-order valence-corrected chi connectivity index (χ1v) is 6.13. The summed E-state index contributed by atoms with van der Waals surface area (Å²) in [7, 11) is 0. The molecule has 0 saturated heterocycles. The van der Waals surface area contributed by atoms with E-state index in [4.69, 9.17) is 0 Å². The highest BCUT2D eigenvalue weighted by atomic mass is 16.3. The summed E-state index contributed by atoms with van der Waals surface area (Å²) in [6.07, 6.45) is 6.82. The molecule has 0 aromatic heterocycles. The van der Waals surface area contributed by atoms with Crippen molar-refractivity contribution in [3.05, 3.63) is 0 Å². The van der Waals surface area contributed by atoms with E-state index >= 15 is 0 Å². The Hall–Kier alpha value is -0.0800. The smallest absolute Gasteiger partial charge is 0.0771 e. The van der Waals surface area contributed by atoms with Crippen molar-refractivity contribution in [1.29, 1.82) is 0 Å². The Labute approximate surface area is 88.1 Å². The molecule has 1 saturated carbocycles. The Kier molecular flexibility index (Phi) is 4.90. The molecule has 1 aliphatic rings. The van der Waals surface area contributed by atoms with Crippen LogP contribution in [-0.2, 0) is 0 Å². The summed E-state index contributed by atoms with van der Waals surface area (Å²) in [5.41, 5.74) is -0.402. The third-order valence-corrected chi connectivity index (χ3v) is 3.49. The van der Waals surface area contributed by atoms with Crippen molar-refractivity contribution in [3.63, 3.8) is 0 Å². The normalized spacial score (nSPS) is 33.2. The predicted molar refractivity (Wildman–Crippen MR) is 60.4 cm³/mol. The molecule has 2 N–H and O–H groups in total. The lowest BCUT2D eigenvalue weighted by Crippen LogP contribution is -2.43. The summed E-state index contributed by atoms with van der Waals surface area (Å²) in [5, 5.41) is 13.6. The minimum Gasteiger partial charge on any atom is -0.389 e. The summed E-state index contributed by atoms with van der Waals surface area (Å²) in [5.74, 6) is 0.862. The van der Waals surface area contributed by atoms with Gasteiger partial charge in [0.15, 0.2) is 0 Å². The van der Waals surface area contributed by atoms with E-state index in [-0.39, 0.29) is 0 Å². The molecule has 0 bridgehead atoms. The van der Waals surface area contributed by atoms with Gasteiger partial charge >= 0.3 is 0 Å². The molecular weight excluding hydrogens is 174 g/mol. The molecule has 0 unspecified atom stereocenters. The van der Waals surface area contributed by atoms with Gasteiger partial charge in [-0.05, 0) is 44.6 Å². The van der Waals surface area contributed by atoms with Crippen LogP contribution in [0.4, 0.5) is 0 Å². The molecule has 1 fully saturated rings. The lowest BCUT2D eigenvalue weighted by atomic mass is 9.78. The SMILES string of the molecule is CCCNCC1(O)CCC(CC)CC1. The molecule has 0 spiro atoms. The van der Waals surface area contributed by atoms with Gasteiger partial charge in [0, 0.05) is 6.54 Å². The van der Waals surface area contributed by atoms with E-state index in [1.54, 1.807) is 0 Å². The Morgan fingerprint density at radius 2 is 1.93 bits per heavy atom. The Bertz CT molecular complexity index is 145. The van der Waals surface area contributed by atoms with Gasteiger partial charge in [-0.15, -0.1) is 0 Å². The third-order valence-electron chi connectivity index (χ3n) is 3.49. The summed E-state index contributed by atoms with van der Waals surface area (Å²) in [6.45, 7) is 6.23. The second kappa shape index (κ2) is 5.72. The Morgan fingerprint density at radius 1 is 1.29 bits per heavy atom. The van der Waals surface area contributed by atoms with Gasteiger partial charge in [0.2, 0.25) is 0 Å². The van der Waals surface area contributed by atoms with Gasteiger partial charge in [0.1, 0.15) is 0 Å². The summed E-state index contributed by atoms with van der Waals surface area (Å²) in [4.78, 5) is 0. The second-order valence-corrected chi connectivity index (χ2v) is 4.75. The van der Waals surface area contributed by atoms with Crippen LogP contribution in [0.5, 0.6) is 0 Å². The first-order chi connectivity index (χ1) is 6.70. The van der Waals surface area contributed by atoms with E-state index < -0.39 is 5.60 Å². The van der Waals surface area contributed by atoms with Crippen LogP contribution in [-0.4, -0.2) is 23.8 Å². The molecular formula is C12H25NO. The highest BCUT2D eigenvalue weighted by Gasteiger charge is 2.31. The van der Waals surface area contributed by atoms with Crippen LogP contribution in [0, 0.1) is 5.92 Å². The van der Waals surface area contributed by atoms with Gasteiger partial charge in [0.05, 0.1) is 5.60 Å². The maximum Gasteiger partial charge on any atom is 0.0771 e. The first kappa shape index (κ1) is 12.0. The summed E-state index contributed by atoms with van der Waals surface area (Å²) >= 11 is 0. The van der Waals surface area contributed by atoms with Crippen LogP contribution in [0.15, 0.2) is 0 Å². The van der Waals surface area contributed by atoms with Gasteiger partial charge < -0.3 is 10.4 Å².